The first kappa shape index (κ1) is 7.32. The number of anilines is 1. The first-order valence-corrected chi connectivity index (χ1v) is 5.13. The number of rotatable bonds is 1. The van der Waals surface area contributed by atoms with Crippen LogP contribution in [0, 0.1) is 0 Å². The van der Waals surface area contributed by atoms with E-state index in [-0.39, 0.29) is 5.91 Å². The minimum atomic E-state index is 0.131. The zero-order chi connectivity index (χ0) is 9.00. The predicted octanol–water partition coefficient (Wildman–Crippen LogP) is 0.844. The van der Waals surface area contributed by atoms with Crippen molar-refractivity contribution in [2.24, 2.45) is 0 Å². The predicted molar refractivity (Wildman–Crippen MR) is 49.4 cm³/mol. The Bertz CT molecular complexity index is 383. The summed E-state index contributed by atoms with van der Waals surface area (Å²) in [5.74, 6) is 0.131. The second-order valence-electron chi connectivity index (χ2n) is 3.49. The summed E-state index contributed by atoms with van der Waals surface area (Å²) in [6.07, 6.45) is 2.30. The Kier molecular flexibility index (Phi) is 1.25. The van der Waals surface area contributed by atoms with E-state index in [4.69, 9.17) is 5.73 Å². The van der Waals surface area contributed by atoms with Crippen LogP contribution in [0.25, 0.3) is 0 Å². The lowest BCUT2D eigenvalue weighted by Gasteiger charge is -2.13. The summed E-state index contributed by atoms with van der Waals surface area (Å²) in [6, 6.07) is 0.482. The zero-order valence-electron chi connectivity index (χ0n) is 6.99. The Labute approximate surface area is 79.4 Å². The molecule has 1 aromatic rings. The average Bonchev–Trinajstić information content (AvgIpc) is 2.79. The number of nitrogen functional groups attached to an aromatic ring is 1. The monoisotopic (exact) mass is 195 g/mol. The summed E-state index contributed by atoms with van der Waals surface area (Å²) >= 11 is 1.31. The first-order valence-electron chi connectivity index (χ1n) is 4.32. The third kappa shape index (κ3) is 0.966. The van der Waals surface area contributed by atoms with Crippen LogP contribution in [0.1, 0.15) is 28.2 Å². The lowest BCUT2D eigenvalue weighted by atomic mass is 10.4. The number of amides is 1. The second-order valence-corrected chi connectivity index (χ2v) is 4.52. The molecule has 1 aliphatic heterocycles. The highest BCUT2D eigenvalue weighted by atomic mass is 32.1. The molecular formula is C8H9N3OS. The van der Waals surface area contributed by atoms with Crippen molar-refractivity contribution < 1.29 is 4.79 Å². The molecular weight excluding hydrogens is 186 g/mol. The largest absolute Gasteiger partial charge is 0.375 e. The topological polar surface area (TPSA) is 59.2 Å². The molecule has 2 N–H and O–H groups in total. The summed E-state index contributed by atoms with van der Waals surface area (Å²) < 4.78 is 0. The van der Waals surface area contributed by atoms with Crippen molar-refractivity contribution >= 4 is 22.4 Å². The van der Waals surface area contributed by atoms with Gasteiger partial charge in [-0.25, -0.2) is 4.98 Å². The van der Waals surface area contributed by atoms with Crippen LogP contribution >= 0.6 is 11.3 Å². The van der Waals surface area contributed by atoms with Gasteiger partial charge < -0.3 is 10.6 Å². The van der Waals surface area contributed by atoms with Crippen LogP contribution in [0.15, 0.2) is 0 Å². The summed E-state index contributed by atoms with van der Waals surface area (Å²) in [5, 5.41) is 0.508. The van der Waals surface area contributed by atoms with Crippen molar-refractivity contribution in [2.45, 2.75) is 25.4 Å². The maximum absolute atomic E-state index is 11.7. The lowest BCUT2D eigenvalue weighted by Crippen LogP contribution is -2.25. The van der Waals surface area contributed by atoms with Crippen molar-refractivity contribution in [3.63, 3.8) is 0 Å². The average molecular weight is 195 g/mol. The number of nitrogens with two attached hydrogens (primary N) is 1. The van der Waals surface area contributed by atoms with Gasteiger partial charge in [-0.2, -0.15) is 0 Å². The molecule has 68 valence electrons. The van der Waals surface area contributed by atoms with Crippen molar-refractivity contribution in [1.29, 1.82) is 0 Å². The van der Waals surface area contributed by atoms with Gasteiger partial charge in [-0.15, -0.1) is 0 Å². The van der Waals surface area contributed by atoms with E-state index in [9.17, 15) is 4.79 Å². The van der Waals surface area contributed by atoms with Crippen LogP contribution in [0.5, 0.6) is 0 Å². The number of carbonyl (C=O) groups is 1. The number of nitrogens with zero attached hydrogens (tertiary/aromatic N) is 2. The van der Waals surface area contributed by atoms with E-state index in [1.165, 1.54) is 11.3 Å². The summed E-state index contributed by atoms with van der Waals surface area (Å²) in [4.78, 5) is 18.5. The van der Waals surface area contributed by atoms with Gasteiger partial charge in [-0.1, -0.05) is 11.3 Å². The molecule has 1 saturated carbocycles. The quantitative estimate of drug-likeness (QED) is 0.722. The van der Waals surface area contributed by atoms with Crippen LogP contribution in [0.2, 0.25) is 0 Å². The minimum absolute atomic E-state index is 0.131. The van der Waals surface area contributed by atoms with Crippen molar-refractivity contribution in [2.75, 3.05) is 5.73 Å². The molecule has 0 atom stereocenters. The Balaban J connectivity index is 1.98. The molecule has 2 aliphatic rings. The van der Waals surface area contributed by atoms with E-state index in [0.717, 1.165) is 23.4 Å². The Morgan fingerprint density at radius 2 is 2.31 bits per heavy atom. The SMILES string of the molecule is Nc1nc2c(s1)C(=O)N(C1CC1)C2. The van der Waals surface area contributed by atoms with Crippen LogP contribution in [-0.2, 0) is 6.54 Å². The van der Waals surface area contributed by atoms with Gasteiger partial charge in [0.05, 0.1) is 12.2 Å². The number of hydrogen-bond acceptors (Lipinski definition) is 4. The highest BCUT2D eigenvalue weighted by Gasteiger charge is 2.40. The van der Waals surface area contributed by atoms with Crippen molar-refractivity contribution in [1.82, 2.24) is 9.88 Å². The molecule has 0 aromatic carbocycles. The zero-order valence-corrected chi connectivity index (χ0v) is 7.80. The smallest absolute Gasteiger partial charge is 0.266 e. The maximum Gasteiger partial charge on any atom is 0.266 e. The van der Waals surface area contributed by atoms with Crippen molar-refractivity contribution in [3.05, 3.63) is 10.6 Å². The molecule has 1 fully saturated rings. The number of carbonyl (C=O) groups excluding carboxylic acids is 1. The molecule has 4 nitrogen and oxygen atoms in total. The van der Waals surface area contributed by atoms with Gasteiger partial charge in [0.15, 0.2) is 5.13 Å². The molecule has 1 aromatic heterocycles. The van der Waals surface area contributed by atoms with E-state index >= 15 is 0 Å². The minimum Gasteiger partial charge on any atom is -0.375 e. The Morgan fingerprint density at radius 1 is 1.54 bits per heavy atom. The fraction of sp³-hybridized carbons (Fsp3) is 0.500. The van der Waals surface area contributed by atoms with Crippen LogP contribution in [0.3, 0.4) is 0 Å². The number of fused-ring (bicyclic) bond motifs is 1. The summed E-state index contributed by atoms with van der Waals surface area (Å²) in [6.45, 7) is 0.673. The lowest BCUT2D eigenvalue weighted by molar-refractivity contribution is 0.0769. The molecule has 13 heavy (non-hydrogen) atoms. The van der Waals surface area contributed by atoms with Crippen molar-refractivity contribution in [3.8, 4) is 0 Å². The normalized spacial score (nSPS) is 20.9. The highest BCUT2D eigenvalue weighted by molar-refractivity contribution is 7.17. The van der Waals surface area contributed by atoms with E-state index in [1.54, 1.807) is 0 Å². The van der Waals surface area contributed by atoms with Crippen LogP contribution < -0.4 is 5.73 Å². The molecule has 5 heteroatoms. The molecule has 0 unspecified atom stereocenters. The molecule has 0 spiro atoms. The fourth-order valence-electron chi connectivity index (χ4n) is 1.69. The molecule has 1 amide bonds. The molecule has 3 rings (SSSR count). The van der Waals surface area contributed by atoms with Crippen LogP contribution in [0.4, 0.5) is 5.13 Å². The van der Waals surface area contributed by atoms with Gasteiger partial charge in [0, 0.05) is 6.04 Å². The fourth-order valence-corrected chi connectivity index (χ4v) is 2.49. The van der Waals surface area contributed by atoms with Gasteiger partial charge in [0.2, 0.25) is 0 Å². The summed E-state index contributed by atoms with van der Waals surface area (Å²) in [5.41, 5.74) is 6.40. The molecule has 2 heterocycles. The molecule has 0 radical (unpaired) electrons. The van der Waals surface area contributed by atoms with E-state index in [2.05, 4.69) is 4.98 Å². The summed E-state index contributed by atoms with van der Waals surface area (Å²) in [7, 11) is 0. The number of aromatic nitrogens is 1. The van der Waals surface area contributed by atoms with Gasteiger partial charge in [-0.3, -0.25) is 4.79 Å². The highest BCUT2D eigenvalue weighted by Crippen LogP contribution is 2.36. The third-order valence-corrected chi connectivity index (χ3v) is 3.39. The van der Waals surface area contributed by atoms with E-state index < -0.39 is 0 Å². The Morgan fingerprint density at radius 3 is 2.92 bits per heavy atom. The number of hydrogen-bond donors (Lipinski definition) is 1. The van der Waals surface area contributed by atoms with Crippen LogP contribution in [-0.4, -0.2) is 21.8 Å². The Hall–Kier alpha value is -1.10. The number of thiazole rings is 1. The standard InChI is InChI=1S/C8H9N3OS/c9-8-10-5-3-11(4-1-2-4)7(12)6(5)13-8/h4H,1-3H2,(H2,9,10). The molecule has 1 aliphatic carbocycles. The second kappa shape index (κ2) is 2.23. The first-order chi connectivity index (χ1) is 6.25. The van der Waals surface area contributed by atoms with Gasteiger partial charge in [0.25, 0.3) is 5.91 Å². The van der Waals surface area contributed by atoms with E-state index in [0.29, 0.717) is 17.7 Å². The molecule has 0 bridgehead atoms. The van der Waals surface area contributed by atoms with Gasteiger partial charge in [0.1, 0.15) is 4.88 Å². The van der Waals surface area contributed by atoms with E-state index in [1.807, 2.05) is 4.90 Å². The van der Waals surface area contributed by atoms with Gasteiger partial charge >= 0.3 is 0 Å². The van der Waals surface area contributed by atoms with Gasteiger partial charge in [-0.05, 0) is 12.8 Å². The molecule has 0 saturated heterocycles. The maximum atomic E-state index is 11.7. The third-order valence-electron chi connectivity index (χ3n) is 2.48.